The van der Waals surface area contributed by atoms with E-state index in [4.69, 9.17) is 9.84 Å². The zero-order valence-electron chi connectivity index (χ0n) is 17.6. The topological polar surface area (TPSA) is 117 Å². The number of hydrogen-bond acceptors (Lipinski definition) is 6. The fourth-order valence-corrected chi connectivity index (χ4v) is 3.82. The normalized spacial score (nSPS) is 17.2. The van der Waals surface area contributed by atoms with Crippen molar-refractivity contribution in [2.75, 3.05) is 7.11 Å². The van der Waals surface area contributed by atoms with Crippen molar-refractivity contribution in [1.82, 2.24) is 9.88 Å². The largest absolute Gasteiger partial charge is 0.507 e. The van der Waals surface area contributed by atoms with Crippen LogP contribution in [0.1, 0.15) is 33.1 Å². The van der Waals surface area contributed by atoms with Crippen molar-refractivity contribution in [2.24, 2.45) is 0 Å². The highest BCUT2D eigenvalue weighted by molar-refractivity contribution is 6.46. The Balaban J connectivity index is 1.83. The number of carboxylic acids is 1. The number of pyridine rings is 1. The number of nitrogens with zero attached hydrogens (tertiary/aromatic N) is 2. The number of likely N-dealkylation sites (tertiary alicyclic amines) is 1. The average molecular weight is 444 g/mol. The molecule has 33 heavy (non-hydrogen) atoms. The van der Waals surface area contributed by atoms with Gasteiger partial charge in [0.05, 0.1) is 24.3 Å². The van der Waals surface area contributed by atoms with Gasteiger partial charge in [-0.3, -0.25) is 14.6 Å². The Morgan fingerprint density at radius 2 is 1.70 bits per heavy atom. The standard InChI is InChI=1S/C25H20N2O6/c1-33-19-4-2-3-18(13-19)21-20(22(28)16-9-11-26-12-10-16)23(29)24(30)27(21)14-15-5-7-17(8-6-15)25(31)32/h2-13,21,28H,14H2,1H3,(H,31,32)/b22-20+. The molecule has 1 aliphatic heterocycles. The zero-order chi connectivity index (χ0) is 23.5. The lowest BCUT2D eigenvalue weighted by Crippen LogP contribution is -2.29. The fourth-order valence-electron chi connectivity index (χ4n) is 3.82. The Hall–Kier alpha value is -4.46. The van der Waals surface area contributed by atoms with Gasteiger partial charge in [-0.1, -0.05) is 24.3 Å². The maximum atomic E-state index is 13.1. The summed E-state index contributed by atoms with van der Waals surface area (Å²) in [5.41, 5.74) is 1.66. The predicted octanol–water partition coefficient (Wildman–Crippen LogP) is 3.41. The third-order valence-corrected chi connectivity index (χ3v) is 5.46. The molecule has 1 aliphatic rings. The van der Waals surface area contributed by atoms with Gasteiger partial charge in [0.25, 0.3) is 11.7 Å². The molecule has 0 saturated carbocycles. The van der Waals surface area contributed by atoms with Crippen LogP contribution >= 0.6 is 0 Å². The number of carbonyl (C=O) groups is 3. The molecule has 1 saturated heterocycles. The lowest BCUT2D eigenvalue weighted by Gasteiger charge is -2.25. The Labute approximate surface area is 189 Å². The molecule has 1 fully saturated rings. The maximum Gasteiger partial charge on any atom is 0.335 e. The molecule has 0 radical (unpaired) electrons. The number of aromatic nitrogens is 1. The molecule has 2 heterocycles. The summed E-state index contributed by atoms with van der Waals surface area (Å²) in [4.78, 5) is 42.6. The average Bonchev–Trinajstić information content (AvgIpc) is 3.09. The Morgan fingerprint density at radius 3 is 2.33 bits per heavy atom. The summed E-state index contributed by atoms with van der Waals surface area (Å²) in [6.45, 7) is 0.0411. The minimum atomic E-state index is -1.06. The van der Waals surface area contributed by atoms with Crippen molar-refractivity contribution >= 4 is 23.4 Å². The van der Waals surface area contributed by atoms with E-state index >= 15 is 0 Å². The molecule has 4 rings (SSSR count). The van der Waals surface area contributed by atoms with Crippen LogP contribution in [0.3, 0.4) is 0 Å². The number of benzene rings is 2. The molecule has 2 aromatic carbocycles. The third-order valence-electron chi connectivity index (χ3n) is 5.46. The molecule has 0 aliphatic carbocycles. The van der Waals surface area contributed by atoms with Crippen LogP contribution in [0.15, 0.2) is 78.6 Å². The number of Topliss-reactive ketones (excluding diaryl/α,β-unsaturated/α-hetero) is 1. The molecule has 1 aromatic heterocycles. The molecule has 2 N–H and O–H groups in total. The van der Waals surface area contributed by atoms with Crippen LogP contribution in [0.25, 0.3) is 5.76 Å². The van der Waals surface area contributed by atoms with Gasteiger partial charge >= 0.3 is 5.97 Å². The number of ketones is 1. The second-order valence-electron chi connectivity index (χ2n) is 7.44. The first-order chi connectivity index (χ1) is 15.9. The van der Waals surface area contributed by atoms with Crippen LogP contribution in [0.4, 0.5) is 0 Å². The van der Waals surface area contributed by atoms with Crippen LogP contribution in [-0.4, -0.2) is 44.9 Å². The molecule has 1 unspecified atom stereocenters. The van der Waals surface area contributed by atoms with Crippen LogP contribution in [-0.2, 0) is 16.1 Å². The number of aromatic carboxylic acids is 1. The van der Waals surface area contributed by atoms with Crippen molar-refractivity contribution < 1.29 is 29.3 Å². The Bertz CT molecular complexity index is 1250. The van der Waals surface area contributed by atoms with Crippen molar-refractivity contribution in [3.05, 3.63) is 101 Å². The van der Waals surface area contributed by atoms with Crippen LogP contribution in [0, 0.1) is 0 Å². The SMILES string of the molecule is COc1cccc(C2/C(=C(\O)c3ccncc3)C(=O)C(=O)N2Cc2ccc(C(=O)O)cc2)c1. The third kappa shape index (κ3) is 4.18. The van der Waals surface area contributed by atoms with E-state index in [1.165, 1.54) is 36.5 Å². The number of amides is 1. The Kier molecular flexibility index (Phi) is 5.91. The van der Waals surface area contributed by atoms with Gasteiger partial charge in [0.1, 0.15) is 11.5 Å². The number of aliphatic hydroxyl groups excluding tert-OH is 1. The highest BCUT2D eigenvalue weighted by Gasteiger charge is 2.46. The Morgan fingerprint density at radius 1 is 1.00 bits per heavy atom. The van der Waals surface area contributed by atoms with E-state index in [-0.39, 0.29) is 23.4 Å². The number of methoxy groups -OCH3 is 1. The molecule has 1 atom stereocenters. The summed E-state index contributed by atoms with van der Waals surface area (Å²) in [6.07, 6.45) is 2.96. The summed E-state index contributed by atoms with van der Waals surface area (Å²) < 4.78 is 5.31. The van der Waals surface area contributed by atoms with Crippen LogP contribution in [0.2, 0.25) is 0 Å². The first-order valence-electron chi connectivity index (χ1n) is 10.1. The molecule has 8 nitrogen and oxygen atoms in total. The van der Waals surface area contributed by atoms with Gasteiger partial charge in [-0.25, -0.2) is 4.79 Å². The first-order valence-corrected chi connectivity index (χ1v) is 10.1. The fraction of sp³-hybridized carbons (Fsp3) is 0.120. The number of aliphatic hydroxyl groups is 1. The molecule has 166 valence electrons. The monoisotopic (exact) mass is 444 g/mol. The minimum absolute atomic E-state index is 0.0402. The summed E-state index contributed by atoms with van der Waals surface area (Å²) in [6, 6.07) is 15.2. The van der Waals surface area contributed by atoms with Crippen molar-refractivity contribution in [3.8, 4) is 5.75 Å². The van der Waals surface area contributed by atoms with Crippen LogP contribution in [0.5, 0.6) is 5.75 Å². The number of hydrogen-bond donors (Lipinski definition) is 2. The number of rotatable bonds is 6. The van der Waals surface area contributed by atoms with Gasteiger partial charge in [0.15, 0.2) is 0 Å². The van der Waals surface area contributed by atoms with E-state index in [1.54, 1.807) is 48.5 Å². The number of carboxylic acid groups (broad SMARTS) is 1. The summed E-state index contributed by atoms with van der Waals surface area (Å²) >= 11 is 0. The maximum absolute atomic E-state index is 13.1. The second kappa shape index (κ2) is 8.96. The summed E-state index contributed by atoms with van der Waals surface area (Å²) in [5, 5.41) is 20.1. The lowest BCUT2D eigenvalue weighted by molar-refractivity contribution is -0.140. The molecule has 3 aromatic rings. The van der Waals surface area contributed by atoms with E-state index in [1.807, 2.05) is 0 Å². The van der Waals surface area contributed by atoms with Gasteiger partial charge in [-0.05, 0) is 47.5 Å². The van der Waals surface area contributed by atoms with Gasteiger partial charge in [0.2, 0.25) is 0 Å². The van der Waals surface area contributed by atoms with Crippen molar-refractivity contribution in [3.63, 3.8) is 0 Å². The van der Waals surface area contributed by atoms with E-state index in [2.05, 4.69) is 4.98 Å². The van der Waals surface area contributed by atoms with E-state index in [9.17, 15) is 19.5 Å². The minimum Gasteiger partial charge on any atom is -0.507 e. The highest BCUT2D eigenvalue weighted by atomic mass is 16.5. The van der Waals surface area contributed by atoms with E-state index in [0.717, 1.165) is 0 Å². The van der Waals surface area contributed by atoms with Crippen molar-refractivity contribution in [1.29, 1.82) is 0 Å². The molecule has 8 heteroatoms. The molecule has 0 spiro atoms. The molecular weight excluding hydrogens is 424 g/mol. The van der Waals surface area contributed by atoms with Gasteiger partial charge in [-0.15, -0.1) is 0 Å². The molecular formula is C25H20N2O6. The first kappa shape index (κ1) is 21.8. The van der Waals surface area contributed by atoms with Gasteiger partial charge in [-0.2, -0.15) is 0 Å². The van der Waals surface area contributed by atoms with Crippen LogP contribution < -0.4 is 4.74 Å². The van der Waals surface area contributed by atoms with E-state index in [0.29, 0.717) is 22.4 Å². The second-order valence-corrected chi connectivity index (χ2v) is 7.44. The van der Waals surface area contributed by atoms with Gasteiger partial charge in [0, 0.05) is 24.5 Å². The molecule has 1 amide bonds. The predicted molar refractivity (Wildman–Crippen MR) is 118 cm³/mol. The van der Waals surface area contributed by atoms with Gasteiger partial charge < -0.3 is 19.8 Å². The summed E-state index contributed by atoms with van der Waals surface area (Å²) in [5.74, 6) is -2.39. The zero-order valence-corrected chi connectivity index (χ0v) is 17.6. The van der Waals surface area contributed by atoms with Crippen molar-refractivity contribution in [2.45, 2.75) is 12.6 Å². The molecule has 0 bridgehead atoms. The quantitative estimate of drug-likeness (QED) is 0.340. The number of ether oxygens (including phenoxy) is 1. The number of carbonyl (C=O) groups excluding carboxylic acids is 2. The highest BCUT2D eigenvalue weighted by Crippen LogP contribution is 2.41. The van der Waals surface area contributed by atoms with E-state index < -0.39 is 23.7 Å². The summed E-state index contributed by atoms with van der Waals surface area (Å²) in [7, 11) is 1.51. The smallest absolute Gasteiger partial charge is 0.335 e. The lowest BCUT2D eigenvalue weighted by atomic mass is 9.95.